The summed E-state index contributed by atoms with van der Waals surface area (Å²) in [6.45, 7) is 1.81. The predicted molar refractivity (Wildman–Crippen MR) is 60.3 cm³/mol. The van der Waals surface area contributed by atoms with Crippen molar-refractivity contribution >= 4 is 12.0 Å². The smallest absolute Gasteiger partial charge is 0.280 e. The number of nitro groups is 1. The molecule has 86 valence electrons. The lowest BCUT2D eigenvalue weighted by atomic mass is 10.1. The molecule has 1 aromatic heterocycles. The molecule has 2 aromatic rings. The molecule has 1 aromatic carbocycles. The molecule has 0 saturated heterocycles. The quantitative estimate of drug-likeness (QED) is 0.459. The summed E-state index contributed by atoms with van der Waals surface area (Å²) in [6.07, 6.45) is 3.83. The number of nitrogens with zero attached hydrogens (tertiary/aromatic N) is 3. The van der Waals surface area contributed by atoms with Crippen LogP contribution in [-0.4, -0.2) is 20.8 Å². The second-order valence-electron chi connectivity index (χ2n) is 3.46. The zero-order valence-electron chi connectivity index (χ0n) is 9.03. The molecule has 0 atom stereocenters. The van der Waals surface area contributed by atoms with Crippen molar-refractivity contribution < 1.29 is 9.72 Å². The Balaban J connectivity index is 2.56. The number of carbonyl (C=O) groups is 1. The van der Waals surface area contributed by atoms with E-state index >= 15 is 0 Å². The van der Waals surface area contributed by atoms with Crippen LogP contribution >= 0.6 is 0 Å². The molecule has 0 spiro atoms. The maximum absolute atomic E-state index is 10.8. The van der Waals surface area contributed by atoms with Crippen LogP contribution in [0.1, 0.15) is 16.2 Å². The van der Waals surface area contributed by atoms with Gasteiger partial charge < -0.3 is 4.57 Å². The van der Waals surface area contributed by atoms with Gasteiger partial charge in [0.1, 0.15) is 5.82 Å². The van der Waals surface area contributed by atoms with Crippen molar-refractivity contribution in [1.82, 2.24) is 9.55 Å². The molecule has 17 heavy (non-hydrogen) atoms. The van der Waals surface area contributed by atoms with Crippen molar-refractivity contribution in [2.45, 2.75) is 6.92 Å². The fraction of sp³-hybridized carbons (Fsp3) is 0.0909. The summed E-state index contributed by atoms with van der Waals surface area (Å²) in [5, 5.41) is 10.7. The fourth-order valence-corrected chi connectivity index (χ4v) is 1.60. The summed E-state index contributed by atoms with van der Waals surface area (Å²) in [6, 6.07) is 4.37. The fourth-order valence-electron chi connectivity index (χ4n) is 1.60. The molecule has 0 fully saturated rings. The Morgan fingerprint density at radius 3 is 2.76 bits per heavy atom. The Labute approximate surface area is 96.7 Å². The number of hydrogen-bond acceptors (Lipinski definition) is 4. The van der Waals surface area contributed by atoms with Gasteiger partial charge in [-0.1, -0.05) is 0 Å². The average molecular weight is 231 g/mol. The molecular formula is C11H9N3O3. The number of imidazole rings is 1. The lowest BCUT2D eigenvalue weighted by Crippen LogP contribution is -1.99. The highest BCUT2D eigenvalue weighted by Crippen LogP contribution is 2.21. The van der Waals surface area contributed by atoms with Gasteiger partial charge in [0, 0.05) is 24.1 Å². The number of rotatable bonds is 3. The van der Waals surface area contributed by atoms with Gasteiger partial charge in [0.15, 0.2) is 6.29 Å². The number of hydrogen-bond donors (Lipinski definition) is 0. The summed E-state index contributed by atoms with van der Waals surface area (Å²) < 4.78 is 1.75. The molecule has 0 aliphatic carbocycles. The molecule has 0 N–H and O–H groups in total. The van der Waals surface area contributed by atoms with Crippen molar-refractivity contribution in [2.24, 2.45) is 0 Å². The summed E-state index contributed by atoms with van der Waals surface area (Å²) in [4.78, 5) is 25.0. The maximum atomic E-state index is 10.8. The van der Waals surface area contributed by atoms with Gasteiger partial charge in [0.2, 0.25) is 0 Å². The van der Waals surface area contributed by atoms with Crippen LogP contribution in [0.3, 0.4) is 0 Å². The zero-order valence-corrected chi connectivity index (χ0v) is 9.03. The largest absolute Gasteiger partial charge is 0.304 e. The third kappa shape index (κ3) is 1.92. The molecule has 6 heteroatoms. The highest BCUT2D eigenvalue weighted by molar-refractivity contribution is 5.82. The van der Waals surface area contributed by atoms with Gasteiger partial charge in [-0.2, -0.15) is 0 Å². The number of benzene rings is 1. The van der Waals surface area contributed by atoms with Crippen LogP contribution in [0.4, 0.5) is 5.69 Å². The summed E-state index contributed by atoms with van der Waals surface area (Å²) in [5.74, 6) is 0.746. The molecule has 0 saturated carbocycles. The predicted octanol–water partition coefficient (Wildman–Crippen LogP) is 1.90. The zero-order chi connectivity index (χ0) is 12.4. The van der Waals surface area contributed by atoms with Crippen molar-refractivity contribution in [3.8, 4) is 5.69 Å². The minimum absolute atomic E-state index is 0.0561. The van der Waals surface area contributed by atoms with E-state index < -0.39 is 4.92 Å². The second kappa shape index (κ2) is 4.17. The number of aromatic nitrogens is 2. The van der Waals surface area contributed by atoms with E-state index in [-0.39, 0.29) is 11.3 Å². The second-order valence-corrected chi connectivity index (χ2v) is 3.46. The minimum atomic E-state index is -0.575. The van der Waals surface area contributed by atoms with E-state index in [1.807, 2.05) is 6.92 Å². The molecular weight excluding hydrogens is 222 g/mol. The van der Waals surface area contributed by atoms with Gasteiger partial charge in [-0.3, -0.25) is 14.9 Å². The van der Waals surface area contributed by atoms with Crippen LogP contribution in [0.2, 0.25) is 0 Å². The summed E-state index contributed by atoms with van der Waals surface area (Å²) in [7, 11) is 0. The lowest BCUT2D eigenvalue weighted by molar-refractivity contribution is -0.385. The van der Waals surface area contributed by atoms with Crippen LogP contribution in [0.5, 0.6) is 0 Å². The molecule has 0 bridgehead atoms. The van der Waals surface area contributed by atoms with Crippen molar-refractivity contribution in [1.29, 1.82) is 0 Å². The van der Waals surface area contributed by atoms with Crippen molar-refractivity contribution in [3.05, 3.63) is 52.1 Å². The topological polar surface area (TPSA) is 78.0 Å². The molecule has 0 aliphatic heterocycles. The Kier molecular flexibility index (Phi) is 2.70. The molecule has 0 aliphatic rings. The minimum Gasteiger partial charge on any atom is -0.304 e. The van der Waals surface area contributed by atoms with Gasteiger partial charge in [0.25, 0.3) is 5.69 Å². The third-order valence-electron chi connectivity index (χ3n) is 2.44. The molecule has 0 radical (unpaired) electrons. The van der Waals surface area contributed by atoms with Gasteiger partial charge >= 0.3 is 0 Å². The van der Waals surface area contributed by atoms with E-state index in [1.165, 1.54) is 12.1 Å². The van der Waals surface area contributed by atoms with Crippen LogP contribution in [-0.2, 0) is 0 Å². The van der Waals surface area contributed by atoms with Gasteiger partial charge in [-0.05, 0) is 19.1 Å². The first-order valence-electron chi connectivity index (χ1n) is 4.87. The maximum Gasteiger partial charge on any atom is 0.280 e. The Bertz CT molecular complexity index is 589. The Hall–Kier alpha value is -2.50. The van der Waals surface area contributed by atoms with E-state index in [0.29, 0.717) is 12.0 Å². The van der Waals surface area contributed by atoms with Crippen LogP contribution in [0.25, 0.3) is 5.69 Å². The van der Waals surface area contributed by atoms with Crippen LogP contribution < -0.4 is 0 Å². The van der Waals surface area contributed by atoms with Gasteiger partial charge in [-0.25, -0.2) is 4.98 Å². The lowest BCUT2D eigenvalue weighted by Gasteiger charge is -2.05. The van der Waals surface area contributed by atoms with E-state index in [2.05, 4.69) is 4.98 Å². The first kappa shape index (κ1) is 11.0. The van der Waals surface area contributed by atoms with E-state index in [9.17, 15) is 14.9 Å². The van der Waals surface area contributed by atoms with E-state index in [1.54, 1.807) is 23.0 Å². The average Bonchev–Trinajstić information content (AvgIpc) is 2.74. The molecule has 2 rings (SSSR count). The number of aryl methyl sites for hydroxylation is 1. The van der Waals surface area contributed by atoms with Gasteiger partial charge in [-0.15, -0.1) is 0 Å². The molecule has 1 heterocycles. The highest BCUT2D eigenvalue weighted by Gasteiger charge is 2.14. The standard InChI is InChI=1S/C11H9N3O3/c1-8-12-4-5-13(8)10-2-3-11(14(16)17)9(6-10)7-15/h2-7H,1H3. The first-order valence-corrected chi connectivity index (χ1v) is 4.87. The van der Waals surface area contributed by atoms with Gasteiger partial charge in [0.05, 0.1) is 10.5 Å². The summed E-state index contributed by atoms with van der Waals surface area (Å²) >= 11 is 0. The summed E-state index contributed by atoms with van der Waals surface area (Å²) in [5.41, 5.74) is 0.537. The SMILES string of the molecule is Cc1nccn1-c1ccc([N+](=O)[O-])c(C=O)c1. The van der Waals surface area contributed by atoms with Crippen molar-refractivity contribution in [2.75, 3.05) is 0 Å². The highest BCUT2D eigenvalue weighted by atomic mass is 16.6. The number of carbonyl (C=O) groups excluding carboxylic acids is 1. The first-order chi connectivity index (χ1) is 8.13. The Morgan fingerprint density at radius 2 is 2.24 bits per heavy atom. The van der Waals surface area contributed by atoms with Crippen LogP contribution in [0.15, 0.2) is 30.6 Å². The van der Waals surface area contributed by atoms with E-state index in [0.717, 1.165) is 5.82 Å². The molecule has 6 nitrogen and oxygen atoms in total. The Morgan fingerprint density at radius 1 is 1.47 bits per heavy atom. The third-order valence-corrected chi connectivity index (χ3v) is 2.44. The van der Waals surface area contributed by atoms with E-state index in [4.69, 9.17) is 0 Å². The number of nitro benzene ring substituents is 1. The molecule has 0 unspecified atom stereocenters. The van der Waals surface area contributed by atoms with Crippen molar-refractivity contribution in [3.63, 3.8) is 0 Å². The molecule has 0 amide bonds. The van der Waals surface area contributed by atoms with Crippen LogP contribution in [0, 0.1) is 17.0 Å². The normalized spacial score (nSPS) is 10.2. The monoisotopic (exact) mass is 231 g/mol. The number of aldehydes is 1.